The summed E-state index contributed by atoms with van der Waals surface area (Å²) in [7, 11) is 1.61. The summed E-state index contributed by atoms with van der Waals surface area (Å²) >= 11 is 0. The fourth-order valence-electron chi connectivity index (χ4n) is 3.05. The highest BCUT2D eigenvalue weighted by atomic mass is 16.5. The molecule has 2 heterocycles. The summed E-state index contributed by atoms with van der Waals surface area (Å²) in [5.41, 5.74) is 3.48. The molecule has 146 valence electrons. The fourth-order valence-corrected chi connectivity index (χ4v) is 3.05. The van der Waals surface area contributed by atoms with Gasteiger partial charge in [0.15, 0.2) is 0 Å². The molecule has 4 rings (SSSR count). The largest absolute Gasteiger partial charge is 0.497 e. The van der Waals surface area contributed by atoms with Crippen LogP contribution in [0.5, 0.6) is 5.75 Å². The Labute approximate surface area is 167 Å². The van der Waals surface area contributed by atoms with Crippen LogP contribution >= 0.6 is 0 Å². The molecule has 7 nitrogen and oxygen atoms in total. The maximum absolute atomic E-state index is 12.8. The van der Waals surface area contributed by atoms with E-state index in [1.54, 1.807) is 25.6 Å². The van der Waals surface area contributed by atoms with Crippen molar-refractivity contribution in [2.45, 2.75) is 13.5 Å². The highest BCUT2D eigenvalue weighted by molar-refractivity contribution is 5.90. The molecule has 0 spiro atoms. The minimum atomic E-state index is -0.279. The van der Waals surface area contributed by atoms with Crippen molar-refractivity contribution in [3.63, 3.8) is 0 Å². The first kappa shape index (κ1) is 18.5. The van der Waals surface area contributed by atoms with Gasteiger partial charge in [-0.3, -0.25) is 9.59 Å². The van der Waals surface area contributed by atoms with E-state index >= 15 is 0 Å². The number of carbonyl (C=O) groups is 1. The summed E-state index contributed by atoms with van der Waals surface area (Å²) in [5, 5.41) is 7.26. The van der Waals surface area contributed by atoms with Gasteiger partial charge in [0.1, 0.15) is 17.8 Å². The van der Waals surface area contributed by atoms with Gasteiger partial charge in [0, 0.05) is 23.6 Å². The van der Waals surface area contributed by atoms with Gasteiger partial charge in [0.05, 0.1) is 12.8 Å². The zero-order chi connectivity index (χ0) is 20.4. The molecule has 0 saturated heterocycles. The summed E-state index contributed by atoms with van der Waals surface area (Å²) in [5.74, 6) is 0.481. The van der Waals surface area contributed by atoms with Crippen LogP contribution in [0.2, 0.25) is 0 Å². The number of carbonyl (C=O) groups excluding carboxylic acids is 1. The molecule has 7 heteroatoms. The number of hydrogen-bond donors (Lipinski definition) is 1. The van der Waals surface area contributed by atoms with Crippen molar-refractivity contribution in [2.24, 2.45) is 0 Å². The van der Waals surface area contributed by atoms with Crippen LogP contribution in [0.1, 0.15) is 5.56 Å². The van der Waals surface area contributed by atoms with Crippen LogP contribution in [0, 0.1) is 6.92 Å². The number of ether oxygens (including phenoxy) is 1. The number of amides is 1. The van der Waals surface area contributed by atoms with Gasteiger partial charge in [-0.15, -0.1) is 0 Å². The molecule has 0 bridgehead atoms. The molecule has 0 aliphatic heterocycles. The first-order valence-electron chi connectivity index (χ1n) is 9.13. The fraction of sp³-hybridized carbons (Fsp3) is 0.136. The standard InChI is InChI=1S/C22H20N4O3/c1-15-3-7-17(8-4-15)23-21(27)14-25-11-12-26-20(22(25)28)13-19(24-26)16-5-9-18(29-2)10-6-16/h3-13H,14H2,1-2H3,(H,23,27). The Hall–Kier alpha value is -3.87. The molecule has 0 fully saturated rings. The molecule has 1 N–H and O–H groups in total. The zero-order valence-electron chi connectivity index (χ0n) is 16.1. The SMILES string of the molecule is COc1ccc(-c2cc3c(=O)n(CC(=O)Nc4ccc(C)cc4)ccn3n2)cc1. The zero-order valence-corrected chi connectivity index (χ0v) is 16.1. The number of hydrogen-bond acceptors (Lipinski definition) is 4. The molecule has 0 radical (unpaired) electrons. The van der Waals surface area contributed by atoms with E-state index in [4.69, 9.17) is 4.74 Å². The number of nitrogens with one attached hydrogen (secondary N) is 1. The van der Waals surface area contributed by atoms with E-state index in [0.717, 1.165) is 16.9 Å². The Morgan fingerprint density at radius 1 is 1.07 bits per heavy atom. The maximum Gasteiger partial charge on any atom is 0.277 e. The van der Waals surface area contributed by atoms with Crippen LogP contribution in [0.3, 0.4) is 0 Å². The van der Waals surface area contributed by atoms with E-state index in [1.165, 1.54) is 9.08 Å². The number of methoxy groups -OCH3 is 1. The minimum absolute atomic E-state index is 0.0771. The predicted molar refractivity (Wildman–Crippen MR) is 111 cm³/mol. The second kappa shape index (κ2) is 7.63. The lowest BCUT2D eigenvalue weighted by Gasteiger charge is -2.08. The quantitative estimate of drug-likeness (QED) is 0.570. The van der Waals surface area contributed by atoms with Crippen LogP contribution in [0.25, 0.3) is 16.8 Å². The lowest BCUT2D eigenvalue weighted by Crippen LogP contribution is -2.28. The van der Waals surface area contributed by atoms with Crippen LogP contribution < -0.4 is 15.6 Å². The van der Waals surface area contributed by atoms with Gasteiger partial charge in [-0.25, -0.2) is 4.52 Å². The summed E-state index contributed by atoms with van der Waals surface area (Å²) in [6.07, 6.45) is 3.23. The summed E-state index contributed by atoms with van der Waals surface area (Å²) in [4.78, 5) is 25.1. The van der Waals surface area contributed by atoms with Gasteiger partial charge in [-0.05, 0) is 49.4 Å². The molecule has 0 atom stereocenters. The van der Waals surface area contributed by atoms with E-state index < -0.39 is 0 Å². The Morgan fingerprint density at radius 3 is 2.48 bits per heavy atom. The number of benzene rings is 2. The summed E-state index contributed by atoms with van der Waals surface area (Å²) in [6, 6.07) is 16.7. The number of rotatable bonds is 5. The van der Waals surface area contributed by atoms with Crippen LogP contribution in [0.15, 0.2) is 71.8 Å². The van der Waals surface area contributed by atoms with E-state index in [2.05, 4.69) is 10.4 Å². The number of nitrogens with zero attached hydrogens (tertiary/aromatic N) is 3. The lowest BCUT2D eigenvalue weighted by molar-refractivity contribution is -0.116. The molecule has 0 aliphatic rings. The summed E-state index contributed by atoms with van der Waals surface area (Å²) in [6.45, 7) is 1.90. The first-order chi connectivity index (χ1) is 14.0. The van der Waals surface area contributed by atoms with E-state index in [0.29, 0.717) is 16.9 Å². The summed E-state index contributed by atoms with van der Waals surface area (Å²) < 4.78 is 8.06. The van der Waals surface area contributed by atoms with Crippen molar-refractivity contribution in [1.29, 1.82) is 0 Å². The average molecular weight is 388 g/mol. The second-order valence-electron chi connectivity index (χ2n) is 6.73. The van der Waals surface area contributed by atoms with Crippen molar-refractivity contribution >= 4 is 17.1 Å². The minimum Gasteiger partial charge on any atom is -0.497 e. The number of aryl methyl sites for hydroxylation is 1. The third-order valence-corrected chi connectivity index (χ3v) is 4.64. The number of fused-ring (bicyclic) bond motifs is 1. The van der Waals surface area contributed by atoms with Crippen molar-refractivity contribution in [2.75, 3.05) is 12.4 Å². The normalized spacial score (nSPS) is 10.8. The van der Waals surface area contributed by atoms with Gasteiger partial charge in [-0.1, -0.05) is 17.7 Å². The van der Waals surface area contributed by atoms with Crippen molar-refractivity contribution in [3.8, 4) is 17.0 Å². The van der Waals surface area contributed by atoms with Crippen LogP contribution in [-0.2, 0) is 11.3 Å². The molecule has 4 aromatic rings. The molecular formula is C22H20N4O3. The first-order valence-corrected chi connectivity index (χ1v) is 9.13. The third kappa shape index (κ3) is 3.89. The molecule has 2 aromatic carbocycles. The smallest absolute Gasteiger partial charge is 0.277 e. The van der Waals surface area contributed by atoms with Crippen LogP contribution in [0.4, 0.5) is 5.69 Å². The Morgan fingerprint density at radius 2 is 1.79 bits per heavy atom. The molecule has 0 aliphatic carbocycles. The Kier molecular flexibility index (Phi) is 4.87. The van der Waals surface area contributed by atoms with E-state index in [1.807, 2.05) is 55.5 Å². The van der Waals surface area contributed by atoms with E-state index in [9.17, 15) is 9.59 Å². The van der Waals surface area contributed by atoms with Crippen molar-refractivity contribution in [3.05, 3.63) is 82.9 Å². The van der Waals surface area contributed by atoms with Gasteiger partial charge in [0.25, 0.3) is 5.56 Å². The molecule has 1 amide bonds. The highest BCUT2D eigenvalue weighted by Crippen LogP contribution is 2.21. The lowest BCUT2D eigenvalue weighted by atomic mass is 10.1. The van der Waals surface area contributed by atoms with E-state index in [-0.39, 0.29) is 18.0 Å². The average Bonchev–Trinajstić information content (AvgIpc) is 3.17. The topological polar surface area (TPSA) is 77.6 Å². The number of anilines is 1. The molecule has 0 saturated carbocycles. The van der Waals surface area contributed by atoms with Crippen molar-refractivity contribution < 1.29 is 9.53 Å². The maximum atomic E-state index is 12.8. The van der Waals surface area contributed by atoms with Gasteiger partial charge < -0.3 is 14.6 Å². The molecule has 29 heavy (non-hydrogen) atoms. The Balaban J connectivity index is 1.57. The van der Waals surface area contributed by atoms with Crippen LogP contribution in [-0.4, -0.2) is 27.2 Å². The predicted octanol–water partition coefficient (Wildman–Crippen LogP) is 3.12. The number of aromatic nitrogens is 3. The monoisotopic (exact) mass is 388 g/mol. The molecule has 0 unspecified atom stereocenters. The van der Waals surface area contributed by atoms with Gasteiger partial charge in [0.2, 0.25) is 5.91 Å². The molecule has 2 aromatic heterocycles. The highest BCUT2D eigenvalue weighted by Gasteiger charge is 2.11. The molecular weight excluding hydrogens is 368 g/mol. The van der Waals surface area contributed by atoms with Crippen molar-refractivity contribution in [1.82, 2.24) is 14.2 Å². The third-order valence-electron chi connectivity index (χ3n) is 4.64. The second-order valence-corrected chi connectivity index (χ2v) is 6.73. The Bertz CT molecular complexity index is 1220. The van der Waals surface area contributed by atoms with Gasteiger partial charge in [-0.2, -0.15) is 5.10 Å². The van der Waals surface area contributed by atoms with Gasteiger partial charge >= 0.3 is 0 Å².